The van der Waals surface area contributed by atoms with E-state index in [2.05, 4.69) is 5.32 Å². The Bertz CT molecular complexity index is 206. The minimum atomic E-state index is -0.389. The van der Waals surface area contributed by atoms with E-state index in [1.54, 1.807) is 20.8 Å². The molecule has 0 aliphatic carbocycles. The Morgan fingerprint density at radius 1 is 1.20 bits per heavy atom. The van der Waals surface area contributed by atoms with Gasteiger partial charge in [0.15, 0.2) is 0 Å². The monoisotopic (exact) mass is 217 g/mol. The van der Waals surface area contributed by atoms with Gasteiger partial charge < -0.3 is 14.8 Å². The number of hydrogen-bond acceptors (Lipinski definition) is 5. The first-order valence-corrected chi connectivity index (χ1v) is 5.17. The Morgan fingerprint density at radius 3 is 2.33 bits per heavy atom. The van der Waals surface area contributed by atoms with Gasteiger partial charge in [0.05, 0.1) is 19.6 Å². The molecule has 1 atom stereocenters. The van der Waals surface area contributed by atoms with Crippen molar-refractivity contribution in [3.05, 3.63) is 0 Å². The fraction of sp³-hybridized carbons (Fsp3) is 0.800. The fourth-order valence-corrected chi connectivity index (χ4v) is 0.974. The maximum atomic E-state index is 11.1. The lowest BCUT2D eigenvalue weighted by atomic mass is 10.3. The average Bonchev–Trinajstić information content (AvgIpc) is 2.18. The summed E-state index contributed by atoms with van der Waals surface area (Å²) in [4.78, 5) is 22.1. The zero-order valence-corrected chi connectivity index (χ0v) is 9.54. The second kappa shape index (κ2) is 8.23. The van der Waals surface area contributed by atoms with Crippen LogP contribution in [0.15, 0.2) is 0 Å². The second-order valence-electron chi connectivity index (χ2n) is 2.98. The summed E-state index contributed by atoms with van der Waals surface area (Å²) in [5.41, 5.74) is 0. The van der Waals surface area contributed by atoms with Crippen molar-refractivity contribution in [3.63, 3.8) is 0 Å². The van der Waals surface area contributed by atoms with Crippen molar-refractivity contribution in [3.8, 4) is 0 Å². The van der Waals surface area contributed by atoms with Gasteiger partial charge in [0.2, 0.25) is 0 Å². The van der Waals surface area contributed by atoms with Gasteiger partial charge in [-0.15, -0.1) is 0 Å². The molecule has 0 fully saturated rings. The molecule has 0 saturated heterocycles. The van der Waals surface area contributed by atoms with Crippen LogP contribution in [0, 0.1) is 0 Å². The summed E-state index contributed by atoms with van der Waals surface area (Å²) in [6.07, 6.45) is 0.261. The topological polar surface area (TPSA) is 64.6 Å². The van der Waals surface area contributed by atoms with Crippen molar-refractivity contribution in [2.24, 2.45) is 0 Å². The smallest absolute Gasteiger partial charge is 0.322 e. The average molecular weight is 217 g/mol. The molecule has 0 radical (unpaired) electrons. The number of nitrogens with one attached hydrogen (secondary N) is 1. The first kappa shape index (κ1) is 13.9. The quantitative estimate of drug-likeness (QED) is 0.628. The standard InChI is InChI=1S/C10H19NO4/c1-4-14-9(12)6-7-11-8(3)10(13)15-5-2/h8,11H,4-7H2,1-3H3/t8-/m1/s1. The SMILES string of the molecule is CCOC(=O)CCN[C@H](C)C(=O)OCC. The van der Waals surface area contributed by atoms with E-state index < -0.39 is 0 Å². The minimum absolute atomic E-state index is 0.261. The lowest BCUT2D eigenvalue weighted by molar-refractivity contribution is -0.146. The lowest BCUT2D eigenvalue weighted by Crippen LogP contribution is -2.36. The molecular formula is C10H19NO4. The molecule has 1 N–H and O–H groups in total. The Hall–Kier alpha value is -1.10. The van der Waals surface area contributed by atoms with E-state index in [-0.39, 0.29) is 24.4 Å². The van der Waals surface area contributed by atoms with E-state index in [4.69, 9.17) is 9.47 Å². The van der Waals surface area contributed by atoms with Crippen molar-refractivity contribution < 1.29 is 19.1 Å². The molecule has 88 valence electrons. The highest BCUT2D eigenvalue weighted by Crippen LogP contribution is 1.90. The normalized spacial score (nSPS) is 11.9. The van der Waals surface area contributed by atoms with Crippen LogP contribution in [0.3, 0.4) is 0 Å². The Balaban J connectivity index is 3.58. The Labute approximate surface area is 90.1 Å². The molecule has 15 heavy (non-hydrogen) atoms. The maximum absolute atomic E-state index is 11.1. The zero-order valence-electron chi connectivity index (χ0n) is 9.54. The van der Waals surface area contributed by atoms with E-state index >= 15 is 0 Å². The van der Waals surface area contributed by atoms with Gasteiger partial charge in [-0.25, -0.2) is 0 Å². The van der Waals surface area contributed by atoms with Gasteiger partial charge >= 0.3 is 11.9 Å². The van der Waals surface area contributed by atoms with Crippen LogP contribution in [0.1, 0.15) is 27.2 Å². The molecule has 5 nitrogen and oxygen atoms in total. The van der Waals surface area contributed by atoms with Crippen molar-refractivity contribution in [2.75, 3.05) is 19.8 Å². The van der Waals surface area contributed by atoms with Crippen molar-refractivity contribution in [1.29, 1.82) is 0 Å². The van der Waals surface area contributed by atoms with Crippen LogP contribution < -0.4 is 5.32 Å². The van der Waals surface area contributed by atoms with Gasteiger partial charge in [-0.2, -0.15) is 0 Å². The first-order chi connectivity index (χ1) is 7.11. The first-order valence-electron chi connectivity index (χ1n) is 5.17. The lowest BCUT2D eigenvalue weighted by Gasteiger charge is -2.11. The highest BCUT2D eigenvalue weighted by Gasteiger charge is 2.13. The van der Waals surface area contributed by atoms with Gasteiger partial charge in [0, 0.05) is 6.54 Å². The third-order valence-corrected chi connectivity index (χ3v) is 1.73. The summed E-state index contributed by atoms with van der Waals surface area (Å²) in [7, 11) is 0. The van der Waals surface area contributed by atoms with Crippen LogP contribution in [-0.4, -0.2) is 37.7 Å². The largest absolute Gasteiger partial charge is 0.466 e. The van der Waals surface area contributed by atoms with Crippen molar-refractivity contribution in [2.45, 2.75) is 33.2 Å². The molecule has 0 unspecified atom stereocenters. The van der Waals surface area contributed by atoms with E-state index in [0.29, 0.717) is 19.8 Å². The van der Waals surface area contributed by atoms with Gasteiger partial charge in [-0.05, 0) is 20.8 Å². The third-order valence-electron chi connectivity index (χ3n) is 1.73. The molecule has 0 bridgehead atoms. The van der Waals surface area contributed by atoms with Crippen molar-refractivity contribution >= 4 is 11.9 Å². The van der Waals surface area contributed by atoms with Gasteiger partial charge in [0.1, 0.15) is 6.04 Å². The summed E-state index contributed by atoms with van der Waals surface area (Å²) in [5, 5.41) is 2.88. The van der Waals surface area contributed by atoms with Crippen LogP contribution in [-0.2, 0) is 19.1 Å². The van der Waals surface area contributed by atoms with Gasteiger partial charge in [-0.1, -0.05) is 0 Å². The van der Waals surface area contributed by atoms with Crippen LogP contribution in [0.25, 0.3) is 0 Å². The van der Waals surface area contributed by atoms with Crippen LogP contribution in [0.5, 0.6) is 0 Å². The highest BCUT2D eigenvalue weighted by atomic mass is 16.5. The predicted octanol–water partition coefficient (Wildman–Crippen LogP) is 0.481. The minimum Gasteiger partial charge on any atom is -0.466 e. The molecule has 0 amide bonds. The summed E-state index contributed by atoms with van der Waals surface area (Å²) < 4.78 is 9.53. The molecular weight excluding hydrogens is 198 g/mol. The molecule has 0 aliphatic rings. The van der Waals surface area contributed by atoms with E-state index in [9.17, 15) is 9.59 Å². The molecule has 0 aliphatic heterocycles. The highest BCUT2D eigenvalue weighted by molar-refractivity contribution is 5.75. The number of ether oxygens (including phenoxy) is 2. The van der Waals surface area contributed by atoms with Crippen LogP contribution in [0.2, 0.25) is 0 Å². The predicted molar refractivity (Wildman–Crippen MR) is 55.3 cm³/mol. The zero-order chi connectivity index (χ0) is 11.7. The van der Waals surface area contributed by atoms with Gasteiger partial charge in [-0.3, -0.25) is 9.59 Å². The molecule has 5 heteroatoms. The summed E-state index contributed by atoms with van der Waals surface area (Å²) in [6.45, 7) is 6.37. The number of carbonyl (C=O) groups is 2. The molecule has 0 aromatic heterocycles. The van der Waals surface area contributed by atoms with Crippen LogP contribution in [0.4, 0.5) is 0 Å². The van der Waals surface area contributed by atoms with Gasteiger partial charge in [0.25, 0.3) is 0 Å². The molecule has 0 saturated carbocycles. The summed E-state index contributed by atoms with van der Waals surface area (Å²) in [5.74, 6) is -0.567. The fourth-order valence-electron chi connectivity index (χ4n) is 0.974. The number of rotatable bonds is 7. The number of esters is 2. The van der Waals surface area contributed by atoms with E-state index in [1.165, 1.54) is 0 Å². The summed E-state index contributed by atoms with van der Waals surface area (Å²) in [6, 6.07) is -0.389. The Morgan fingerprint density at radius 2 is 1.80 bits per heavy atom. The molecule has 0 aromatic carbocycles. The maximum Gasteiger partial charge on any atom is 0.322 e. The van der Waals surface area contributed by atoms with Crippen molar-refractivity contribution in [1.82, 2.24) is 5.32 Å². The summed E-state index contributed by atoms with van der Waals surface area (Å²) >= 11 is 0. The third kappa shape index (κ3) is 6.90. The molecule has 0 heterocycles. The van der Waals surface area contributed by atoms with E-state index in [1.807, 2.05) is 0 Å². The Kier molecular flexibility index (Phi) is 7.62. The second-order valence-corrected chi connectivity index (χ2v) is 2.98. The van der Waals surface area contributed by atoms with Crippen LogP contribution >= 0.6 is 0 Å². The molecule has 0 aromatic rings. The number of hydrogen-bond donors (Lipinski definition) is 1. The number of carbonyl (C=O) groups excluding carboxylic acids is 2. The van der Waals surface area contributed by atoms with E-state index in [0.717, 1.165) is 0 Å². The molecule has 0 spiro atoms. The molecule has 0 rings (SSSR count).